The molecule has 1 heterocycles. The molecule has 1 fully saturated rings. The van der Waals surface area contributed by atoms with Crippen molar-refractivity contribution in [1.82, 2.24) is 4.90 Å². The number of likely N-dealkylation sites (tertiary alicyclic amines) is 1. The Morgan fingerprint density at radius 1 is 1.35 bits per heavy atom. The summed E-state index contributed by atoms with van der Waals surface area (Å²) in [6.07, 6.45) is 2.72. The van der Waals surface area contributed by atoms with Gasteiger partial charge in [0.2, 0.25) is 5.91 Å². The van der Waals surface area contributed by atoms with Gasteiger partial charge in [-0.1, -0.05) is 20.8 Å². The number of alkyl halides is 3. The molecule has 1 amide bonds. The first-order valence-electron chi connectivity index (χ1n) is 7.46. The first-order valence-corrected chi connectivity index (χ1v) is 8.87. The van der Waals surface area contributed by atoms with Crippen LogP contribution in [0.4, 0.5) is 13.2 Å². The minimum atomic E-state index is -5.69. The number of halogens is 3. The summed E-state index contributed by atoms with van der Waals surface area (Å²) in [6, 6.07) is -0.359. The van der Waals surface area contributed by atoms with E-state index in [9.17, 15) is 26.4 Å². The highest BCUT2D eigenvalue weighted by molar-refractivity contribution is 7.87. The molecule has 1 aliphatic heterocycles. The second-order valence-electron chi connectivity index (χ2n) is 5.57. The maximum atomic E-state index is 12.5. The lowest BCUT2D eigenvalue weighted by molar-refractivity contribution is -0.140. The maximum Gasteiger partial charge on any atom is 0.534 e. The molecule has 0 aromatic rings. The summed E-state index contributed by atoms with van der Waals surface area (Å²) in [4.78, 5) is 13.2. The van der Waals surface area contributed by atoms with Crippen LogP contribution in [0.1, 0.15) is 46.5 Å². The average molecular weight is 357 g/mol. The molecule has 1 unspecified atom stereocenters. The van der Waals surface area contributed by atoms with Gasteiger partial charge in [-0.2, -0.15) is 21.6 Å². The SMILES string of the molecule is CC.CN1C(=O)CC[C@]2(C)C(OS(=O)(=O)C(F)(F)F)=CCCC12. The predicted octanol–water partition coefficient (Wildman–Crippen LogP) is 3.18. The molecule has 0 radical (unpaired) electrons. The Hall–Kier alpha value is -1.25. The van der Waals surface area contributed by atoms with Crippen molar-refractivity contribution in [3.63, 3.8) is 0 Å². The van der Waals surface area contributed by atoms with Crippen molar-refractivity contribution in [1.29, 1.82) is 0 Å². The zero-order valence-corrected chi connectivity index (χ0v) is 14.4. The van der Waals surface area contributed by atoms with Crippen LogP contribution in [0.25, 0.3) is 0 Å². The van der Waals surface area contributed by atoms with Gasteiger partial charge in [0.15, 0.2) is 0 Å². The minimum Gasteiger partial charge on any atom is -0.380 e. The van der Waals surface area contributed by atoms with Crippen LogP contribution in [0.15, 0.2) is 11.8 Å². The number of carbonyl (C=O) groups is 1. The molecule has 134 valence electrons. The molecule has 0 aromatic carbocycles. The standard InChI is InChI=1S/C12H16F3NO4S.C2H6/c1-11-7-6-10(17)16(2)8(11)4-3-5-9(11)20-21(18,19)12(13,14)15;1-2/h5,8H,3-4,6-7H2,1-2H3;1-2H3/t8?,11-;/m0./s1. The van der Waals surface area contributed by atoms with Gasteiger partial charge in [-0.3, -0.25) is 4.79 Å². The summed E-state index contributed by atoms with van der Waals surface area (Å²) >= 11 is 0. The van der Waals surface area contributed by atoms with E-state index in [1.165, 1.54) is 11.0 Å². The lowest BCUT2D eigenvalue weighted by atomic mass is 9.69. The Bertz CT molecular complexity index is 585. The zero-order valence-electron chi connectivity index (χ0n) is 13.6. The van der Waals surface area contributed by atoms with Gasteiger partial charge in [0.25, 0.3) is 0 Å². The molecule has 0 bridgehead atoms. The van der Waals surface area contributed by atoms with Gasteiger partial charge in [-0.25, -0.2) is 0 Å². The largest absolute Gasteiger partial charge is 0.534 e. The number of amides is 1. The van der Waals surface area contributed by atoms with E-state index in [1.807, 2.05) is 13.8 Å². The lowest BCUT2D eigenvalue weighted by Gasteiger charge is -2.48. The lowest BCUT2D eigenvalue weighted by Crippen LogP contribution is -2.54. The van der Waals surface area contributed by atoms with Crippen LogP contribution >= 0.6 is 0 Å². The quantitative estimate of drug-likeness (QED) is 0.562. The predicted molar refractivity (Wildman–Crippen MR) is 78.6 cm³/mol. The van der Waals surface area contributed by atoms with Gasteiger partial charge in [-0.05, 0) is 25.3 Å². The highest BCUT2D eigenvalue weighted by Crippen LogP contribution is 2.48. The summed E-state index contributed by atoms with van der Waals surface area (Å²) in [5, 5.41) is 0. The Kier molecular flexibility index (Phi) is 5.77. The fourth-order valence-corrected chi connectivity index (χ4v) is 3.60. The topological polar surface area (TPSA) is 63.7 Å². The molecule has 0 aromatic heterocycles. The summed E-state index contributed by atoms with van der Waals surface area (Å²) in [6.45, 7) is 5.64. The second kappa shape index (κ2) is 6.70. The van der Waals surface area contributed by atoms with Crippen molar-refractivity contribution >= 4 is 16.0 Å². The third kappa shape index (κ3) is 3.64. The van der Waals surface area contributed by atoms with Gasteiger partial charge in [0, 0.05) is 24.9 Å². The number of nitrogens with zero attached hydrogens (tertiary/aromatic N) is 1. The molecule has 5 nitrogen and oxygen atoms in total. The van der Waals surface area contributed by atoms with Crippen molar-refractivity contribution in [2.45, 2.75) is 58.0 Å². The van der Waals surface area contributed by atoms with Crippen LogP contribution < -0.4 is 0 Å². The number of fused-ring (bicyclic) bond motifs is 1. The minimum absolute atomic E-state index is 0.0996. The van der Waals surface area contributed by atoms with Gasteiger partial charge < -0.3 is 9.08 Å². The van der Waals surface area contributed by atoms with E-state index in [1.54, 1.807) is 14.0 Å². The highest BCUT2D eigenvalue weighted by Gasteiger charge is 2.53. The molecule has 9 heteroatoms. The van der Waals surface area contributed by atoms with Crippen molar-refractivity contribution < 1.29 is 30.6 Å². The van der Waals surface area contributed by atoms with E-state index in [0.717, 1.165) is 0 Å². The van der Waals surface area contributed by atoms with E-state index >= 15 is 0 Å². The van der Waals surface area contributed by atoms with Crippen molar-refractivity contribution in [3.05, 3.63) is 11.8 Å². The van der Waals surface area contributed by atoms with Gasteiger partial charge in [-0.15, -0.1) is 0 Å². The smallest absolute Gasteiger partial charge is 0.380 e. The molecule has 0 saturated carbocycles. The van der Waals surface area contributed by atoms with Crippen molar-refractivity contribution in [3.8, 4) is 0 Å². The Labute approximate surface area is 134 Å². The van der Waals surface area contributed by atoms with Crippen LogP contribution in [0, 0.1) is 5.41 Å². The van der Waals surface area contributed by atoms with Crippen LogP contribution in [0.5, 0.6) is 0 Å². The number of hydrogen-bond acceptors (Lipinski definition) is 4. The Morgan fingerprint density at radius 2 is 1.91 bits per heavy atom. The van der Waals surface area contributed by atoms with Crippen LogP contribution in [-0.2, 0) is 19.1 Å². The van der Waals surface area contributed by atoms with Gasteiger partial charge in [0.05, 0.1) is 0 Å². The number of hydrogen-bond donors (Lipinski definition) is 0. The molecular weight excluding hydrogens is 335 g/mol. The van der Waals surface area contributed by atoms with Crippen LogP contribution in [0.3, 0.4) is 0 Å². The monoisotopic (exact) mass is 357 g/mol. The highest BCUT2D eigenvalue weighted by atomic mass is 32.2. The molecular formula is C14H22F3NO4S. The first-order chi connectivity index (χ1) is 10.5. The summed E-state index contributed by atoms with van der Waals surface area (Å²) in [7, 11) is -4.11. The molecule has 0 N–H and O–H groups in total. The molecule has 23 heavy (non-hydrogen) atoms. The van der Waals surface area contributed by atoms with Crippen LogP contribution in [0.2, 0.25) is 0 Å². The normalized spacial score (nSPS) is 28.3. The molecule has 2 rings (SSSR count). The third-order valence-corrected chi connectivity index (χ3v) is 5.24. The molecule has 2 aliphatic rings. The van der Waals surface area contributed by atoms with E-state index in [0.29, 0.717) is 12.8 Å². The maximum absolute atomic E-state index is 12.5. The zero-order chi connectivity index (χ0) is 18.1. The average Bonchev–Trinajstić information content (AvgIpc) is 2.46. The number of carbonyl (C=O) groups excluding carboxylic acids is 1. The molecule has 1 aliphatic carbocycles. The molecule has 0 spiro atoms. The van der Waals surface area contributed by atoms with Crippen LogP contribution in [-0.4, -0.2) is 37.8 Å². The van der Waals surface area contributed by atoms with E-state index in [-0.39, 0.29) is 30.5 Å². The summed E-state index contributed by atoms with van der Waals surface area (Å²) in [5.74, 6) is -0.312. The Balaban J connectivity index is 0.00000127. The van der Waals surface area contributed by atoms with E-state index < -0.39 is 21.0 Å². The number of piperidine rings is 1. The van der Waals surface area contributed by atoms with Crippen molar-refractivity contribution in [2.75, 3.05) is 7.05 Å². The fraction of sp³-hybridized carbons (Fsp3) is 0.786. The Morgan fingerprint density at radius 3 is 2.43 bits per heavy atom. The second-order valence-corrected chi connectivity index (χ2v) is 7.10. The summed E-state index contributed by atoms with van der Waals surface area (Å²) in [5.41, 5.74) is -6.38. The summed E-state index contributed by atoms with van der Waals surface area (Å²) < 4.78 is 64.2. The van der Waals surface area contributed by atoms with Gasteiger partial charge >= 0.3 is 15.6 Å². The van der Waals surface area contributed by atoms with Gasteiger partial charge in [0.1, 0.15) is 5.76 Å². The third-order valence-electron chi connectivity index (χ3n) is 4.27. The molecule has 1 saturated heterocycles. The van der Waals surface area contributed by atoms with Crippen molar-refractivity contribution in [2.24, 2.45) is 5.41 Å². The van der Waals surface area contributed by atoms with E-state index in [4.69, 9.17) is 0 Å². The fourth-order valence-electron chi connectivity index (χ4n) is 3.01. The number of allylic oxidation sites excluding steroid dienone is 1. The first kappa shape index (κ1) is 19.8. The number of rotatable bonds is 2. The molecule has 2 atom stereocenters. The van der Waals surface area contributed by atoms with E-state index in [2.05, 4.69) is 4.18 Å².